The predicted molar refractivity (Wildman–Crippen MR) is 112 cm³/mol. The minimum absolute atomic E-state index is 0.0617. The van der Waals surface area contributed by atoms with Crippen molar-refractivity contribution in [2.75, 3.05) is 4.72 Å². The molecule has 0 saturated carbocycles. The predicted octanol–water partition coefficient (Wildman–Crippen LogP) is 5.24. The van der Waals surface area contributed by atoms with Crippen LogP contribution >= 0.6 is 11.8 Å². The van der Waals surface area contributed by atoms with Crippen molar-refractivity contribution in [3.8, 4) is 0 Å². The van der Waals surface area contributed by atoms with E-state index in [1.807, 2.05) is 6.92 Å². The molecule has 0 spiro atoms. The second-order valence-corrected chi connectivity index (χ2v) is 11.2. The number of sulfone groups is 1. The van der Waals surface area contributed by atoms with Crippen molar-refractivity contribution in [3.05, 3.63) is 78.4 Å². The van der Waals surface area contributed by atoms with Crippen molar-refractivity contribution >= 4 is 37.3 Å². The van der Waals surface area contributed by atoms with Gasteiger partial charge in [0.1, 0.15) is 0 Å². The Bertz CT molecular complexity index is 1270. The summed E-state index contributed by atoms with van der Waals surface area (Å²) in [5, 5.41) is 0. The maximum Gasteiger partial charge on any atom is 0.446 e. The first kappa shape index (κ1) is 23.2. The maximum absolute atomic E-state index is 12.7. The highest BCUT2D eigenvalue weighted by Gasteiger charge is 2.29. The quantitative estimate of drug-likeness (QED) is 0.481. The Morgan fingerprint density at radius 3 is 1.65 bits per heavy atom. The van der Waals surface area contributed by atoms with Crippen LogP contribution in [0.4, 0.5) is 18.9 Å². The number of halogens is 3. The van der Waals surface area contributed by atoms with Gasteiger partial charge in [-0.15, -0.1) is 0 Å². The van der Waals surface area contributed by atoms with Crippen molar-refractivity contribution in [1.82, 2.24) is 0 Å². The van der Waals surface area contributed by atoms with Gasteiger partial charge in [0.2, 0.25) is 9.84 Å². The molecule has 0 aliphatic rings. The van der Waals surface area contributed by atoms with E-state index in [2.05, 4.69) is 4.72 Å². The lowest BCUT2D eigenvalue weighted by Crippen LogP contribution is -2.13. The Balaban J connectivity index is 1.79. The molecule has 0 unspecified atom stereocenters. The molecule has 0 radical (unpaired) electrons. The average molecular weight is 488 g/mol. The highest BCUT2D eigenvalue weighted by atomic mass is 32.2. The number of sulfonamides is 1. The summed E-state index contributed by atoms with van der Waals surface area (Å²) in [6.07, 6.45) is 0. The largest absolute Gasteiger partial charge is 0.446 e. The van der Waals surface area contributed by atoms with Crippen LogP contribution in [-0.2, 0) is 19.9 Å². The van der Waals surface area contributed by atoms with Gasteiger partial charge in [-0.3, -0.25) is 4.72 Å². The normalized spacial score (nSPS) is 12.5. The van der Waals surface area contributed by atoms with Crippen LogP contribution in [0.3, 0.4) is 0 Å². The molecule has 1 N–H and O–H groups in total. The summed E-state index contributed by atoms with van der Waals surface area (Å²) in [5.41, 5.74) is -3.41. The Labute approximate surface area is 182 Å². The number of benzene rings is 3. The van der Waals surface area contributed by atoms with Crippen LogP contribution in [0.15, 0.2) is 92.4 Å². The van der Waals surface area contributed by atoms with Crippen molar-refractivity contribution in [3.63, 3.8) is 0 Å². The molecule has 0 bridgehead atoms. The lowest BCUT2D eigenvalue weighted by atomic mass is 10.2. The van der Waals surface area contributed by atoms with Crippen LogP contribution < -0.4 is 4.72 Å². The molecule has 11 heteroatoms. The summed E-state index contributed by atoms with van der Waals surface area (Å²) in [6, 6.07) is 15.6. The number of nitrogens with one attached hydrogen (secondary N) is 1. The molecule has 3 rings (SSSR count). The van der Waals surface area contributed by atoms with Crippen LogP contribution in [-0.4, -0.2) is 22.3 Å². The summed E-state index contributed by atoms with van der Waals surface area (Å²) < 4.78 is 89.9. The number of thioether (sulfide) groups is 1. The van der Waals surface area contributed by atoms with E-state index < -0.39 is 25.4 Å². The molecule has 5 nitrogen and oxygen atoms in total. The number of aryl methyl sites for hydroxylation is 1. The zero-order valence-electron chi connectivity index (χ0n) is 15.9. The summed E-state index contributed by atoms with van der Waals surface area (Å²) in [7, 11) is -7.83. The SMILES string of the molecule is Cc1ccc(S(=O)(=O)Nc2ccc(S(=O)(=O)c3ccc(SC(F)(F)F)cc3)cc2)cc1. The van der Waals surface area contributed by atoms with Gasteiger partial charge in [-0.25, -0.2) is 16.8 Å². The molecular weight excluding hydrogens is 471 g/mol. The van der Waals surface area contributed by atoms with Crippen LogP contribution in [0.25, 0.3) is 0 Å². The number of hydrogen-bond donors (Lipinski definition) is 1. The summed E-state index contributed by atoms with van der Waals surface area (Å²) >= 11 is -0.338. The fraction of sp³-hybridized carbons (Fsp3) is 0.100. The van der Waals surface area contributed by atoms with Crippen molar-refractivity contribution < 1.29 is 30.0 Å². The van der Waals surface area contributed by atoms with Crippen LogP contribution in [0.1, 0.15) is 5.56 Å². The Kier molecular flexibility index (Phi) is 6.40. The van der Waals surface area contributed by atoms with Gasteiger partial charge in [0.05, 0.1) is 14.7 Å². The van der Waals surface area contributed by atoms with Gasteiger partial charge < -0.3 is 0 Å². The minimum atomic E-state index is -4.47. The summed E-state index contributed by atoms with van der Waals surface area (Å²) in [6.45, 7) is 1.83. The van der Waals surface area contributed by atoms with Gasteiger partial charge in [0, 0.05) is 10.6 Å². The molecule has 31 heavy (non-hydrogen) atoms. The zero-order chi connectivity index (χ0) is 22.9. The third-order valence-electron chi connectivity index (χ3n) is 4.12. The highest BCUT2D eigenvalue weighted by molar-refractivity contribution is 8.00. The first-order valence-corrected chi connectivity index (χ1v) is 12.5. The number of alkyl halides is 3. The second-order valence-electron chi connectivity index (χ2n) is 6.47. The van der Waals surface area contributed by atoms with E-state index in [9.17, 15) is 30.0 Å². The summed E-state index contributed by atoms with van der Waals surface area (Å²) in [4.78, 5) is -0.368. The number of hydrogen-bond acceptors (Lipinski definition) is 5. The minimum Gasteiger partial charge on any atom is -0.280 e. The Morgan fingerprint density at radius 2 is 1.16 bits per heavy atom. The molecule has 164 valence electrons. The van der Waals surface area contributed by atoms with Crippen LogP contribution in [0, 0.1) is 6.92 Å². The molecular formula is C20H16F3NO4S3. The first-order chi connectivity index (χ1) is 14.4. The smallest absolute Gasteiger partial charge is 0.280 e. The molecule has 0 heterocycles. The number of rotatable bonds is 6. The number of anilines is 1. The fourth-order valence-electron chi connectivity index (χ4n) is 2.59. The lowest BCUT2D eigenvalue weighted by Gasteiger charge is -2.10. The van der Waals surface area contributed by atoms with E-state index in [0.29, 0.717) is 0 Å². The molecule has 0 saturated heterocycles. The van der Waals surface area contributed by atoms with Gasteiger partial charge in [-0.2, -0.15) is 13.2 Å². The van der Waals surface area contributed by atoms with Gasteiger partial charge in [-0.1, -0.05) is 17.7 Å². The summed E-state index contributed by atoms with van der Waals surface area (Å²) in [5.74, 6) is 0. The van der Waals surface area contributed by atoms with E-state index in [1.54, 1.807) is 12.1 Å². The third kappa shape index (κ3) is 5.81. The molecule has 0 aliphatic carbocycles. The first-order valence-electron chi connectivity index (χ1n) is 8.67. The molecule has 0 aromatic heterocycles. The standard InChI is InChI=1S/C20H16F3NO4S3/c1-14-2-8-19(9-3-14)31(27,28)24-15-4-10-17(11-5-15)30(25,26)18-12-6-16(7-13-18)29-20(21,22)23/h2-13,24H,1H3. The van der Waals surface area contributed by atoms with Gasteiger partial charge in [-0.05, 0) is 79.3 Å². The van der Waals surface area contributed by atoms with E-state index >= 15 is 0 Å². The second kappa shape index (κ2) is 8.56. The van der Waals surface area contributed by atoms with Crippen LogP contribution in [0.2, 0.25) is 0 Å². The monoisotopic (exact) mass is 487 g/mol. The molecule has 0 aliphatic heterocycles. The molecule has 0 fully saturated rings. The molecule has 3 aromatic rings. The zero-order valence-corrected chi connectivity index (χ0v) is 18.4. The maximum atomic E-state index is 12.7. The van der Waals surface area contributed by atoms with Gasteiger partial charge in [0.25, 0.3) is 10.0 Å². The molecule has 0 amide bonds. The highest BCUT2D eigenvalue weighted by Crippen LogP contribution is 2.37. The molecule has 3 aromatic carbocycles. The Morgan fingerprint density at radius 1 is 0.710 bits per heavy atom. The van der Waals surface area contributed by atoms with Crippen LogP contribution in [0.5, 0.6) is 0 Å². The van der Waals surface area contributed by atoms with Gasteiger partial charge >= 0.3 is 5.51 Å². The van der Waals surface area contributed by atoms with E-state index in [4.69, 9.17) is 0 Å². The lowest BCUT2D eigenvalue weighted by molar-refractivity contribution is -0.0328. The topological polar surface area (TPSA) is 80.3 Å². The Hall–Kier alpha value is -2.50. The van der Waals surface area contributed by atoms with Gasteiger partial charge in [0.15, 0.2) is 0 Å². The third-order valence-corrected chi connectivity index (χ3v) is 8.04. The van der Waals surface area contributed by atoms with E-state index in [1.165, 1.54) is 36.4 Å². The average Bonchev–Trinajstić information content (AvgIpc) is 2.67. The van der Waals surface area contributed by atoms with Crippen molar-refractivity contribution in [2.24, 2.45) is 0 Å². The molecule has 0 atom stereocenters. The van der Waals surface area contributed by atoms with E-state index in [-0.39, 0.29) is 37.0 Å². The van der Waals surface area contributed by atoms with Crippen molar-refractivity contribution in [2.45, 2.75) is 32.0 Å². The van der Waals surface area contributed by atoms with Crippen molar-refractivity contribution in [1.29, 1.82) is 0 Å². The fourth-order valence-corrected chi connectivity index (χ4v) is 5.45. The van der Waals surface area contributed by atoms with E-state index in [0.717, 1.165) is 29.8 Å².